The molecule has 1 aliphatic heterocycles. The van der Waals surface area contributed by atoms with Gasteiger partial charge in [0.1, 0.15) is 0 Å². The molecule has 1 N–H and O–H groups in total. The van der Waals surface area contributed by atoms with Crippen LogP contribution in [0.4, 0.5) is 0 Å². The molecule has 4 rings (SSSR count). The summed E-state index contributed by atoms with van der Waals surface area (Å²) in [5.74, 6) is 0. The Kier molecular flexibility index (Phi) is 2.77. The monoisotopic (exact) mass is 268 g/mol. The second-order valence-corrected chi connectivity index (χ2v) is 5.08. The first-order valence-corrected chi connectivity index (χ1v) is 7.01. The van der Waals surface area contributed by atoms with Gasteiger partial charge in [-0.2, -0.15) is 5.10 Å². The van der Waals surface area contributed by atoms with Crippen LogP contribution >= 0.6 is 0 Å². The highest BCUT2D eigenvalue weighted by Gasteiger charge is 2.21. The van der Waals surface area contributed by atoms with E-state index in [-0.39, 0.29) is 6.23 Å². The molecule has 5 nitrogen and oxygen atoms in total. The van der Waals surface area contributed by atoms with E-state index in [1.165, 1.54) is 6.42 Å². The number of nitrogens with zero attached hydrogens (tertiary/aromatic N) is 3. The lowest BCUT2D eigenvalue weighted by Gasteiger charge is -2.24. The fourth-order valence-corrected chi connectivity index (χ4v) is 2.82. The van der Waals surface area contributed by atoms with Gasteiger partial charge in [-0.3, -0.25) is 4.98 Å². The number of aromatic nitrogens is 4. The summed E-state index contributed by atoms with van der Waals surface area (Å²) in [7, 11) is 0. The Bertz CT molecular complexity index is 724. The molecule has 0 bridgehead atoms. The van der Waals surface area contributed by atoms with Gasteiger partial charge in [0.25, 0.3) is 0 Å². The van der Waals surface area contributed by atoms with E-state index < -0.39 is 0 Å². The maximum atomic E-state index is 5.84. The highest BCUT2D eigenvalue weighted by Crippen LogP contribution is 2.31. The molecule has 1 aliphatic rings. The van der Waals surface area contributed by atoms with E-state index in [2.05, 4.69) is 15.1 Å². The van der Waals surface area contributed by atoms with E-state index in [0.29, 0.717) is 0 Å². The Labute approximate surface area is 116 Å². The van der Waals surface area contributed by atoms with E-state index in [9.17, 15) is 0 Å². The number of aromatic amines is 1. The molecule has 5 heteroatoms. The molecule has 0 aliphatic carbocycles. The molecule has 0 aromatic carbocycles. The average molecular weight is 268 g/mol. The summed E-state index contributed by atoms with van der Waals surface area (Å²) in [6.45, 7) is 0.816. The Morgan fingerprint density at radius 2 is 2.25 bits per heavy atom. The zero-order valence-corrected chi connectivity index (χ0v) is 11.1. The van der Waals surface area contributed by atoms with Crippen molar-refractivity contribution >= 4 is 11.0 Å². The molecule has 1 saturated heterocycles. The van der Waals surface area contributed by atoms with Crippen LogP contribution in [0, 0.1) is 0 Å². The standard InChI is InChI=1S/C15H16N4O/c1-2-9-20-14(5-1)19-13(6-8-18-19)11-10-17-12-4-3-7-16-15(11)12/h3-4,6-8,10,14,17H,1-2,5,9H2. The maximum absolute atomic E-state index is 5.84. The van der Waals surface area contributed by atoms with Gasteiger partial charge in [0.2, 0.25) is 0 Å². The van der Waals surface area contributed by atoms with Gasteiger partial charge >= 0.3 is 0 Å². The number of nitrogens with one attached hydrogen (secondary N) is 1. The molecule has 1 fully saturated rings. The third kappa shape index (κ3) is 1.82. The van der Waals surface area contributed by atoms with Crippen LogP contribution in [0.25, 0.3) is 22.3 Å². The Hall–Kier alpha value is -2.14. The van der Waals surface area contributed by atoms with Crippen molar-refractivity contribution in [3.05, 3.63) is 36.8 Å². The predicted molar refractivity (Wildman–Crippen MR) is 76.2 cm³/mol. The molecule has 0 amide bonds. The zero-order valence-electron chi connectivity index (χ0n) is 11.1. The van der Waals surface area contributed by atoms with Crippen molar-refractivity contribution in [1.29, 1.82) is 0 Å². The molecular formula is C15H16N4O. The van der Waals surface area contributed by atoms with Gasteiger partial charge in [0.05, 0.1) is 16.7 Å². The largest absolute Gasteiger partial charge is 0.359 e. The van der Waals surface area contributed by atoms with Crippen molar-refractivity contribution < 1.29 is 4.74 Å². The first-order chi connectivity index (χ1) is 9.93. The number of H-pyrrole nitrogens is 1. The molecule has 0 radical (unpaired) electrons. The minimum Gasteiger partial charge on any atom is -0.359 e. The smallest absolute Gasteiger partial charge is 0.150 e. The van der Waals surface area contributed by atoms with E-state index >= 15 is 0 Å². The molecule has 0 saturated carbocycles. The van der Waals surface area contributed by atoms with Crippen molar-refractivity contribution in [2.75, 3.05) is 6.61 Å². The van der Waals surface area contributed by atoms with E-state index in [4.69, 9.17) is 4.74 Å². The van der Waals surface area contributed by atoms with Crippen LogP contribution in [0.1, 0.15) is 25.5 Å². The SMILES string of the molecule is c1cnc2c(-c3ccnn3C3CCCCO3)c[nH]c2c1. The van der Waals surface area contributed by atoms with Crippen LogP contribution in [0.2, 0.25) is 0 Å². The number of hydrogen-bond acceptors (Lipinski definition) is 3. The van der Waals surface area contributed by atoms with E-state index in [0.717, 1.165) is 41.7 Å². The average Bonchev–Trinajstić information content (AvgIpc) is 3.14. The summed E-state index contributed by atoms with van der Waals surface area (Å²) in [4.78, 5) is 7.73. The van der Waals surface area contributed by atoms with Gasteiger partial charge in [-0.05, 0) is 37.5 Å². The van der Waals surface area contributed by atoms with Crippen LogP contribution in [-0.4, -0.2) is 26.4 Å². The number of rotatable bonds is 2. The Morgan fingerprint density at radius 3 is 3.15 bits per heavy atom. The lowest BCUT2D eigenvalue weighted by molar-refractivity contribution is -0.0383. The molecule has 1 unspecified atom stereocenters. The fourth-order valence-electron chi connectivity index (χ4n) is 2.82. The lowest BCUT2D eigenvalue weighted by Crippen LogP contribution is -2.19. The fraction of sp³-hybridized carbons (Fsp3) is 0.333. The second-order valence-electron chi connectivity index (χ2n) is 5.08. The van der Waals surface area contributed by atoms with Crippen molar-refractivity contribution in [3.63, 3.8) is 0 Å². The van der Waals surface area contributed by atoms with Crippen molar-refractivity contribution in [2.24, 2.45) is 0 Å². The van der Waals surface area contributed by atoms with Crippen LogP contribution in [0.5, 0.6) is 0 Å². The lowest BCUT2D eigenvalue weighted by atomic mass is 10.1. The molecular weight excluding hydrogens is 252 g/mol. The summed E-state index contributed by atoms with van der Waals surface area (Å²) in [6, 6.07) is 5.99. The molecule has 102 valence electrons. The van der Waals surface area contributed by atoms with E-state index in [1.54, 1.807) is 0 Å². The number of pyridine rings is 1. The van der Waals surface area contributed by atoms with Crippen molar-refractivity contribution in [3.8, 4) is 11.3 Å². The summed E-state index contributed by atoms with van der Waals surface area (Å²) in [5.41, 5.74) is 4.15. The van der Waals surface area contributed by atoms with Gasteiger partial charge in [-0.15, -0.1) is 0 Å². The highest BCUT2D eigenvalue weighted by molar-refractivity contribution is 5.91. The molecule has 4 heterocycles. The van der Waals surface area contributed by atoms with Gasteiger partial charge in [-0.1, -0.05) is 0 Å². The first-order valence-electron chi connectivity index (χ1n) is 7.01. The quantitative estimate of drug-likeness (QED) is 0.777. The molecule has 3 aromatic heterocycles. The molecule has 3 aromatic rings. The topological polar surface area (TPSA) is 55.7 Å². The van der Waals surface area contributed by atoms with Gasteiger partial charge in [-0.25, -0.2) is 4.68 Å². The maximum Gasteiger partial charge on any atom is 0.150 e. The van der Waals surface area contributed by atoms with Crippen molar-refractivity contribution in [1.82, 2.24) is 19.7 Å². The van der Waals surface area contributed by atoms with Gasteiger partial charge in [0, 0.05) is 30.8 Å². The third-order valence-electron chi connectivity index (χ3n) is 3.81. The van der Waals surface area contributed by atoms with Crippen LogP contribution in [-0.2, 0) is 4.74 Å². The summed E-state index contributed by atoms with van der Waals surface area (Å²) >= 11 is 0. The predicted octanol–water partition coefficient (Wildman–Crippen LogP) is 3.13. The highest BCUT2D eigenvalue weighted by atomic mass is 16.5. The minimum atomic E-state index is 0.0439. The number of hydrogen-bond donors (Lipinski definition) is 1. The number of ether oxygens (including phenoxy) is 1. The molecule has 0 spiro atoms. The van der Waals surface area contributed by atoms with Crippen molar-refractivity contribution in [2.45, 2.75) is 25.5 Å². The van der Waals surface area contributed by atoms with Crippen LogP contribution in [0.3, 0.4) is 0 Å². The van der Waals surface area contributed by atoms with Crippen LogP contribution in [0.15, 0.2) is 36.8 Å². The van der Waals surface area contributed by atoms with Crippen LogP contribution < -0.4 is 0 Å². The number of fused-ring (bicyclic) bond motifs is 1. The minimum absolute atomic E-state index is 0.0439. The van der Waals surface area contributed by atoms with E-state index in [1.807, 2.05) is 41.5 Å². The van der Waals surface area contributed by atoms with Gasteiger partial charge in [0.15, 0.2) is 6.23 Å². The zero-order chi connectivity index (χ0) is 13.4. The summed E-state index contributed by atoms with van der Waals surface area (Å²) in [6.07, 6.45) is 9.03. The molecule has 20 heavy (non-hydrogen) atoms. The normalized spacial score (nSPS) is 19.5. The first kappa shape index (κ1) is 11.7. The van der Waals surface area contributed by atoms with Gasteiger partial charge < -0.3 is 9.72 Å². The molecule has 1 atom stereocenters. The third-order valence-corrected chi connectivity index (χ3v) is 3.81. The summed E-state index contributed by atoms with van der Waals surface area (Å²) < 4.78 is 7.83. The Balaban J connectivity index is 1.81. The Morgan fingerprint density at radius 1 is 1.25 bits per heavy atom. The summed E-state index contributed by atoms with van der Waals surface area (Å²) in [5, 5.41) is 4.45. The second kappa shape index (κ2) is 4.76.